The van der Waals surface area contributed by atoms with Crippen molar-refractivity contribution in [1.29, 1.82) is 0 Å². The summed E-state index contributed by atoms with van der Waals surface area (Å²) in [4.78, 5) is 22.2. The number of unbranched alkanes of at least 4 members (excludes halogenated alkanes) is 3. The molecule has 0 aromatic carbocycles. The van der Waals surface area contributed by atoms with Gasteiger partial charge in [0.15, 0.2) is 0 Å². The van der Waals surface area contributed by atoms with E-state index in [0.29, 0.717) is 6.42 Å². The van der Waals surface area contributed by atoms with Crippen molar-refractivity contribution in [2.75, 3.05) is 13.7 Å². The van der Waals surface area contributed by atoms with Gasteiger partial charge in [-0.05, 0) is 6.42 Å². The fraction of sp³-hybridized carbons (Fsp3) is 0.818. The summed E-state index contributed by atoms with van der Waals surface area (Å²) < 4.78 is 4.44. The number of esters is 1. The number of methoxy groups -OCH3 is 1. The molecule has 0 spiro atoms. The Kier molecular flexibility index (Phi) is 9.00. The number of halogens is 1. The van der Waals surface area contributed by atoms with Gasteiger partial charge in [-0.1, -0.05) is 26.2 Å². The van der Waals surface area contributed by atoms with Gasteiger partial charge in [0, 0.05) is 13.0 Å². The standard InChI is InChI=1S/C11H20ClNO3/c1-3-4-5-6-7-10(14)13-8-9(12)11(15)16-2/h9H,3-8H2,1-2H3,(H,13,14). The second-order valence-corrected chi connectivity index (χ2v) is 4.13. The van der Waals surface area contributed by atoms with E-state index in [-0.39, 0.29) is 12.5 Å². The van der Waals surface area contributed by atoms with E-state index < -0.39 is 11.3 Å². The lowest BCUT2D eigenvalue weighted by Crippen LogP contribution is -2.34. The molecule has 0 saturated heterocycles. The highest BCUT2D eigenvalue weighted by Crippen LogP contribution is 2.02. The minimum absolute atomic E-state index is 0.0642. The van der Waals surface area contributed by atoms with Gasteiger partial charge in [-0.3, -0.25) is 9.59 Å². The van der Waals surface area contributed by atoms with Crippen LogP contribution in [0.4, 0.5) is 0 Å². The van der Waals surface area contributed by atoms with Gasteiger partial charge < -0.3 is 10.1 Å². The van der Waals surface area contributed by atoms with Crippen LogP contribution < -0.4 is 5.32 Å². The molecule has 0 saturated carbocycles. The largest absolute Gasteiger partial charge is 0.468 e. The molecule has 16 heavy (non-hydrogen) atoms. The zero-order valence-electron chi connectivity index (χ0n) is 9.92. The van der Waals surface area contributed by atoms with Crippen molar-refractivity contribution in [2.24, 2.45) is 0 Å². The third-order valence-electron chi connectivity index (χ3n) is 2.19. The second kappa shape index (κ2) is 9.46. The van der Waals surface area contributed by atoms with Crippen LogP contribution in [0.25, 0.3) is 0 Å². The van der Waals surface area contributed by atoms with Gasteiger partial charge in [-0.2, -0.15) is 0 Å². The zero-order chi connectivity index (χ0) is 12.4. The quantitative estimate of drug-likeness (QED) is 0.406. The molecule has 0 aromatic heterocycles. The Morgan fingerprint density at radius 2 is 2.00 bits per heavy atom. The van der Waals surface area contributed by atoms with Crippen LogP contribution in [-0.4, -0.2) is 30.9 Å². The average Bonchev–Trinajstić information content (AvgIpc) is 2.30. The van der Waals surface area contributed by atoms with E-state index >= 15 is 0 Å². The summed E-state index contributed by atoms with van der Waals surface area (Å²) in [6.07, 6.45) is 4.72. The van der Waals surface area contributed by atoms with E-state index in [4.69, 9.17) is 11.6 Å². The molecule has 0 aliphatic carbocycles. The number of amides is 1. The van der Waals surface area contributed by atoms with Crippen molar-refractivity contribution in [1.82, 2.24) is 5.32 Å². The monoisotopic (exact) mass is 249 g/mol. The van der Waals surface area contributed by atoms with Crippen molar-refractivity contribution < 1.29 is 14.3 Å². The van der Waals surface area contributed by atoms with Gasteiger partial charge in [0.2, 0.25) is 5.91 Å². The van der Waals surface area contributed by atoms with E-state index in [9.17, 15) is 9.59 Å². The van der Waals surface area contributed by atoms with E-state index in [0.717, 1.165) is 25.7 Å². The minimum atomic E-state index is -0.801. The molecule has 0 aromatic rings. The highest BCUT2D eigenvalue weighted by atomic mass is 35.5. The van der Waals surface area contributed by atoms with Crippen LogP contribution in [0.15, 0.2) is 0 Å². The Labute approximate surface area is 102 Å². The topological polar surface area (TPSA) is 55.4 Å². The first-order chi connectivity index (χ1) is 7.61. The number of nitrogens with one attached hydrogen (secondary N) is 1. The molecule has 0 aliphatic rings. The molecule has 1 unspecified atom stereocenters. The molecule has 0 heterocycles. The Balaban J connectivity index is 3.53. The summed E-state index contributed by atoms with van der Waals surface area (Å²) in [5.74, 6) is -0.585. The third kappa shape index (κ3) is 7.51. The van der Waals surface area contributed by atoms with Crippen molar-refractivity contribution in [3.63, 3.8) is 0 Å². The summed E-state index contributed by atoms with van der Waals surface area (Å²) in [5.41, 5.74) is 0. The molecule has 94 valence electrons. The van der Waals surface area contributed by atoms with Crippen LogP contribution in [0.3, 0.4) is 0 Å². The first kappa shape index (κ1) is 15.2. The molecule has 1 amide bonds. The molecule has 0 bridgehead atoms. The SMILES string of the molecule is CCCCCCC(=O)NCC(Cl)C(=O)OC. The molecule has 0 rings (SSSR count). The van der Waals surface area contributed by atoms with Crippen LogP contribution >= 0.6 is 11.6 Å². The molecule has 0 aliphatic heterocycles. The van der Waals surface area contributed by atoms with Crippen molar-refractivity contribution in [3.8, 4) is 0 Å². The van der Waals surface area contributed by atoms with E-state index in [1.807, 2.05) is 0 Å². The normalized spacial score (nSPS) is 11.9. The first-order valence-corrected chi connectivity index (χ1v) is 6.04. The Morgan fingerprint density at radius 3 is 2.56 bits per heavy atom. The average molecular weight is 250 g/mol. The molecule has 0 radical (unpaired) electrons. The van der Waals surface area contributed by atoms with Gasteiger partial charge in [-0.15, -0.1) is 11.6 Å². The lowest BCUT2D eigenvalue weighted by Gasteiger charge is -2.08. The maximum absolute atomic E-state index is 11.3. The van der Waals surface area contributed by atoms with Crippen molar-refractivity contribution in [2.45, 2.75) is 44.4 Å². The lowest BCUT2D eigenvalue weighted by atomic mass is 10.1. The number of ether oxygens (including phenoxy) is 1. The van der Waals surface area contributed by atoms with Crippen molar-refractivity contribution >= 4 is 23.5 Å². The number of carbonyl (C=O) groups is 2. The predicted molar refractivity (Wildman–Crippen MR) is 63.4 cm³/mol. The highest BCUT2D eigenvalue weighted by molar-refractivity contribution is 6.30. The smallest absolute Gasteiger partial charge is 0.325 e. The summed E-state index contributed by atoms with van der Waals surface area (Å²) >= 11 is 5.67. The third-order valence-corrected chi connectivity index (χ3v) is 2.53. The number of carbonyl (C=O) groups excluding carboxylic acids is 2. The molecule has 1 atom stereocenters. The summed E-state index contributed by atoms with van der Waals surface area (Å²) in [6.45, 7) is 2.25. The van der Waals surface area contributed by atoms with Gasteiger partial charge in [0.1, 0.15) is 5.38 Å². The maximum atomic E-state index is 11.3. The van der Waals surface area contributed by atoms with Crippen LogP contribution in [0.5, 0.6) is 0 Å². The molecular weight excluding hydrogens is 230 g/mol. The Morgan fingerprint density at radius 1 is 1.31 bits per heavy atom. The molecule has 1 N–H and O–H groups in total. The lowest BCUT2D eigenvalue weighted by molar-refractivity contribution is -0.140. The molecular formula is C11H20ClNO3. The molecule has 4 nitrogen and oxygen atoms in total. The van der Waals surface area contributed by atoms with Gasteiger partial charge in [0.25, 0.3) is 0 Å². The van der Waals surface area contributed by atoms with E-state index in [1.165, 1.54) is 7.11 Å². The summed E-state index contributed by atoms with van der Waals surface area (Å²) in [7, 11) is 1.27. The van der Waals surface area contributed by atoms with Gasteiger partial charge in [-0.25, -0.2) is 0 Å². The van der Waals surface area contributed by atoms with Crippen LogP contribution in [0.1, 0.15) is 39.0 Å². The Hall–Kier alpha value is -0.770. The fourth-order valence-electron chi connectivity index (χ4n) is 1.22. The Bertz CT molecular complexity index is 221. The van der Waals surface area contributed by atoms with E-state index in [2.05, 4.69) is 17.0 Å². The van der Waals surface area contributed by atoms with Crippen LogP contribution in [-0.2, 0) is 14.3 Å². The summed E-state index contributed by atoms with van der Waals surface area (Å²) in [6, 6.07) is 0. The zero-order valence-corrected chi connectivity index (χ0v) is 10.7. The first-order valence-electron chi connectivity index (χ1n) is 5.60. The van der Waals surface area contributed by atoms with E-state index in [1.54, 1.807) is 0 Å². The number of hydrogen-bond donors (Lipinski definition) is 1. The summed E-state index contributed by atoms with van der Waals surface area (Å²) in [5, 5.41) is 1.80. The van der Waals surface area contributed by atoms with Crippen molar-refractivity contribution in [3.05, 3.63) is 0 Å². The predicted octanol–water partition coefficient (Wildman–Crippen LogP) is 1.85. The van der Waals surface area contributed by atoms with Crippen LogP contribution in [0.2, 0.25) is 0 Å². The fourth-order valence-corrected chi connectivity index (χ4v) is 1.38. The number of alkyl halides is 1. The highest BCUT2D eigenvalue weighted by Gasteiger charge is 2.16. The second-order valence-electron chi connectivity index (χ2n) is 3.61. The van der Waals surface area contributed by atoms with Gasteiger partial charge in [0.05, 0.1) is 7.11 Å². The van der Waals surface area contributed by atoms with Crippen LogP contribution in [0, 0.1) is 0 Å². The minimum Gasteiger partial charge on any atom is -0.468 e. The van der Waals surface area contributed by atoms with Gasteiger partial charge >= 0.3 is 5.97 Å². The molecule has 0 fully saturated rings. The maximum Gasteiger partial charge on any atom is 0.325 e. The number of hydrogen-bond acceptors (Lipinski definition) is 3. The molecule has 5 heteroatoms. The number of rotatable bonds is 8.